The van der Waals surface area contributed by atoms with Crippen molar-refractivity contribution in [1.29, 1.82) is 0 Å². The maximum atomic E-state index is 4.41. The first-order chi connectivity index (χ1) is 7.45. The Morgan fingerprint density at radius 2 is 1.44 bits per heavy atom. The van der Waals surface area contributed by atoms with Crippen LogP contribution in [-0.2, 0) is 0 Å². The van der Waals surface area contributed by atoms with Crippen LogP contribution in [0, 0.1) is 0 Å². The van der Waals surface area contributed by atoms with Gasteiger partial charge in [0.15, 0.2) is 0 Å². The van der Waals surface area contributed by atoms with E-state index in [9.17, 15) is 0 Å². The average molecular weight is 265 g/mol. The Balaban J connectivity index is 4.26. The molecular formula is C11H27N3S2. The standard InChI is InChI=1S/C11H27N3S2/c1-5-13-11(3,9-16)7-14-10(2,8-15)6-12-4/h12-16H,5-9H2,1-4H3/t10-,11?/m1/s1. The highest BCUT2D eigenvalue weighted by atomic mass is 32.1. The molecule has 0 aliphatic rings. The predicted molar refractivity (Wildman–Crippen MR) is 80.1 cm³/mol. The lowest BCUT2D eigenvalue weighted by atomic mass is 10.0. The number of rotatable bonds is 9. The van der Waals surface area contributed by atoms with E-state index in [0.717, 1.165) is 31.1 Å². The first kappa shape index (κ1) is 16.6. The molecular weight excluding hydrogens is 238 g/mol. The SMILES string of the molecule is CCNC(C)(CS)CN[C@@](C)(CS)CNC. The first-order valence-corrected chi connectivity index (χ1v) is 7.08. The van der Waals surface area contributed by atoms with Crippen LogP contribution in [0.5, 0.6) is 0 Å². The van der Waals surface area contributed by atoms with Crippen molar-refractivity contribution >= 4 is 25.3 Å². The van der Waals surface area contributed by atoms with E-state index < -0.39 is 0 Å². The molecule has 0 bridgehead atoms. The summed E-state index contributed by atoms with van der Waals surface area (Å²) < 4.78 is 0. The van der Waals surface area contributed by atoms with Crippen LogP contribution < -0.4 is 16.0 Å². The Morgan fingerprint density at radius 3 is 1.81 bits per heavy atom. The molecule has 98 valence electrons. The van der Waals surface area contributed by atoms with Gasteiger partial charge in [-0.25, -0.2) is 0 Å². The zero-order valence-corrected chi connectivity index (χ0v) is 12.7. The fraction of sp³-hybridized carbons (Fsp3) is 1.00. The molecule has 0 saturated heterocycles. The zero-order chi connectivity index (χ0) is 12.7. The summed E-state index contributed by atoms with van der Waals surface area (Å²) in [7, 11) is 1.96. The quantitative estimate of drug-likeness (QED) is 0.400. The Hall–Kier alpha value is 0.580. The summed E-state index contributed by atoms with van der Waals surface area (Å²) in [4.78, 5) is 0. The van der Waals surface area contributed by atoms with E-state index in [0.29, 0.717) is 0 Å². The lowest BCUT2D eigenvalue weighted by molar-refractivity contribution is 0.308. The van der Waals surface area contributed by atoms with Crippen molar-refractivity contribution in [3.8, 4) is 0 Å². The van der Waals surface area contributed by atoms with Gasteiger partial charge in [-0.2, -0.15) is 25.3 Å². The Labute approximate surface area is 111 Å². The van der Waals surface area contributed by atoms with Gasteiger partial charge in [-0.3, -0.25) is 0 Å². The molecule has 0 aliphatic heterocycles. The molecule has 3 N–H and O–H groups in total. The van der Waals surface area contributed by atoms with Crippen molar-refractivity contribution in [2.45, 2.75) is 31.8 Å². The monoisotopic (exact) mass is 265 g/mol. The largest absolute Gasteiger partial charge is 0.318 e. The lowest BCUT2D eigenvalue weighted by Gasteiger charge is -2.36. The zero-order valence-electron chi connectivity index (χ0n) is 10.9. The van der Waals surface area contributed by atoms with Crippen LogP contribution >= 0.6 is 25.3 Å². The number of hydrogen-bond donors (Lipinski definition) is 5. The summed E-state index contributed by atoms with van der Waals surface area (Å²) >= 11 is 8.81. The van der Waals surface area contributed by atoms with Gasteiger partial charge in [-0.15, -0.1) is 0 Å². The second kappa shape index (κ2) is 7.82. The van der Waals surface area contributed by atoms with E-state index in [4.69, 9.17) is 0 Å². The Kier molecular flexibility index (Phi) is 8.10. The van der Waals surface area contributed by atoms with Crippen LogP contribution in [0.1, 0.15) is 20.8 Å². The molecule has 3 nitrogen and oxygen atoms in total. The molecule has 2 atom stereocenters. The van der Waals surface area contributed by atoms with Crippen LogP contribution in [0.25, 0.3) is 0 Å². The second-order valence-corrected chi connectivity index (χ2v) is 5.48. The normalized spacial score (nSPS) is 19.1. The maximum Gasteiger partial charge on any atom is 0.0366 e. The van der Waals surface area contributed by atoms with E-state index in [1.165, 1.54) is 0 Å². The fourth-order valence-corrected chi connectivity index (χ4v) is 2.02. The van der Waals surface area contributed by atoms with Gasteiger partial charge in [-0.1, -0.05) is 6.92 Å². The molecule has 1 unspecified atom stereocenters. The van der Waals surface area contributed by atoms with Crippen molar-refractivity contribution in [2.75, 3.05) is 38.2 Å². The van der Waals surface area contributed by atoms with Crippen LogP contribution in [0.15, 0.2) is 0 Å². The second-order valence-electron chi connectivity index (χ2n) is 4.85. The molecule has 0 saturated carbocycles. The Morgan fingerprint density at radius 1 is 0.938 bits per heavy atom. The molecule has 0 radical (unpaired) electrons. The van der Waals surface area contributed by atoms with Gasteiger partial charge in [0.25, 0.3) is 0 Å². The molecule has 16 heavy (non-hydrogen) atoms. The number of nitrogens with one attached hydrogen (secondary N) is 3. The summed E-state index contributed by atoms with van der Waals surface area (Å²) in [6.07, 6.45) is 0. The highest BCUT2D eigenvalue weighted by Crippen LogP contribution is 2.10. The molecule has 5 heteroatoms. The van der Waals surface area contributed by atoms with E-state index in [1.54, 1.807) is 0 Å². The summed E-state index contributed by atoms with van der Waals surface area (Å²) in [5.41, 5.74) is 0.0628. The molecule has 0 aliphatic carbocycles. The summed E-state index contributed by atoms with van der Waals surface area (Å²) in [5.74, 6) is 1.62. The van der Waals surface area contributed by atoms with Crippen molar-refractivity contribution in [1.82, 2.24) is 16.0 Å². The third-order valence-corrected chi connectivity index (χ3v) is 4.17. The smallest absolute Gasteiger partial charge is 0.0366 e. The van der Waals surface area contributed by atoms with E-state index >= 15 is 0 Å². The predicted octanol–water partition coefficient (Wildman–Crippen LogP) is 0.782. The van der Waals surface area contributed by atoms with Crippen LogP contribution in [0.2, 0.25) is 0 Å². The van der Waals surface area contributed by atoms with Gasteiger partial charge < -0.3 is 16.0 Å². The third-order valence-electron chi connectivity index (χ3n) is 2.77. The molecule has 0 aromatic rings. The summed E-state index contributed by atoms with van der Waals surface area (Å²) in [6, 6.07) is 0. The molecule has 0 spiro atoms. The Bertz CT molecular complexity index is 172. The van der Waals surface area contributed by atoms with Crippen LogP contribution in [0.4, 0.5) is 0 Å². The third kappa shape index (κ3) is 5.77. The number of thiol groups is 2. The van der Waals surface area contributed by atoms with Gasteiger partial charge in [-0.05, 0) is 27.4 Å². The molecule has 0 fully saturated rings. The van der Waals surface area contributed by atoms with Gasteiger partial charge in [0.2, 0.25) is 0 Å². The van der Waals surface area contributed by atoms with Gasteiger partial charge in [0.05, 0.1) is 0 Å². The number of likely N-dealkylation sites (N-methyl/N-ethyl adjacent to an activating group) is 2. The minimum atomic E-state index is 0.0253. The van der Waals surface area contributed by atoms with E-state index in [2.05, 4.69) is 62.0 Å². The highest BCUT2D eigenvalue weighted by Gasteiger charge is 2.27. The number of hydrogen-bond acceptors (Lipinski definition) is 5. The van der Waals surface area contributed by atoms with Gasteiger partial charge >= 0.3 is 0 Å². The maximum absolute atomic E-state index is 4.41. The lowest BCUT2D eigenvalue weighted by Crippen LogP contribution is -2.59. The van der Waals surface area contributed by atoms with E-state index in [-0.39, 0.29) is 11.1 Å². The van der Waals surface area contributed by atoms with Crippen LogP contribution in [0.3, 0.4) is 0 Å². The highest BCUT2D eigenvalue weighted by molar-refractivity contribution is 7.80. The van der Waals surface area contributed by atoms with Crippen molar-refractivity contribution in [3.05, 3.63) is 0 Å². The minimum absolute atomic E-state index is 0.0253. The topological polar surface area (TPSA) is 36.1 Å². The van der Waals surface area contributed by atoms with Crippen molar-refractivity contribution in [2.24, 2.45) is 0 Å². The molecule has 0 aromatic carbocycles. The molecule has 0 aromatic heterocycles. The minimum Gasteiger partial charge on any atom is -0.318 e. The average Bonchev–Trinajstić information content (AvgIpc) is 2.27. The first-order valence-electron chi connectivity index (χ1n) is 5.81. The molecule has 0 heterocycles. The van der Waals surface area contributed by atoms with Crippen molar-refractivity contribution < 1.29 is 0 Å². The molecule has 0 amide bonds. The van der Waals surface area contributed by atoms with E-state index in [1.807, 2.05) is 7.05 Å². The van der Waals surface area contributed by atoms with Crippen LogP contribution in [-0.4, -0.2) is 49.3 Å². The van der Waals surface area contributed by atoms with Crippen molar-refractivity contribution in [3.63, 3.8) is 0 Å². The summed E-state index contributed by atoms with van der Waals surface area (Å²) in [5, 5.41) is 10.2. The van der Waals surface area contributed by atoms with Gasteiger partial charge in [0.1, 0.15) is 0 Å². The fourth-order valence-electron chi connectivity index (χ4n) is 1.57. The van der Waals surface area contributed by atoms with Gasteiger partial charge in [0, 0.05) is 35.7 Å². The molecule has 0 rings (SSSR count). The summed E-state index contributed by atoms with van der Waals surface area (Å²) in [6.45, 7) is 9.25.